The molecule has 1 aromatic heterocycles. The fourth-order valence-electron chi connectivity index (χ4n) is 1.30. The number of aliphatic hydroxyl groups excluding tert-OH is 1. The van der Waals surface area contributed by atoms with Crippen LogP contribution in [0.15, 0.2) is 18.3 Å². The fraction of sp³-hybridized carbons (Fsp3) is 0.417. The molecule has 0 aliphatic rings. The second-order valence-electron chi connectivity index (χ2n) is 3.58. The zero-order chi connectivity index (χ0) is 12.5. The summed E-state index contributed by atoms with van der Waals surface area (Å²) in [6.45, 7) is 0.756. The van der Waals surface area contributed by atoms with Crippen molar-refractivity contribution < 1.29 is 9.90 Å². The van der Waals surface area contributed by atoms with E-state index in [4.69, 9.17) is 10.4 Å². The van der Waals surface area contributed by atoms with Crippen LogP contribution in [-0.4, -0.2) is 29.1 Å². The van der Waals surface area contributed by atoms with Crippen LogP contribution in [0.4, 0.5) is 0 Å². The molecule has 0 aromatic carbocycles. The number of carbonyl (C=O) groups is 1. The lowest BCUT2D eigenvalue weighted by Gasteiger charge is -2.03. The largest absolute Gasteiger partial charge is 0.396 e. The van der Waals surface area contributed by atoms with Crippen LogP contribution in [0.1, 0.15) is 35.3 Å². The molecule has 0 unspecified atom stereocenters. The predicted octanol–water partition coefficient (Wildman–Crippen LogP) is 0.846. The maximum Gasteiger partial charge on any atom is 0.269 e. The van der Waals surface area contributed by atoms with E-state index in [1.54, 1.807) is 6.07 Å². The predicted molar refractivity (Wildman–Crippen MR) is 62.2 cm³/mol. The summed E-state index contributed by atoms with van der Waals surface area (Å²) in [6, 6.07) is 5.03. The maximum atomic E-state index is 11.6. The summed E-state index contributed by atoms with van der Waals surface area (Å²) < 4.78 is 0. The summed E-state index contributed by atoms with van der Waals surface area (Å²) in [5.74, 6) is -0.238. The SMILES string of the molecule is N#Cc1ccc(C(=O)NCCCCCO)nc1. The Balaban J connectivity index is 2.34. The van der Waals surface area contributed by atoms with Crippen molar-refractivity contribution in [1.82, 2.24) is 10.3 Å². The van der Waals surface area contributed by atoms with Crippen molar-refractivity contribution in [2.75, 3.05) is 13.2 Å². The third-order valence-corrected chi connectivity index (χ3v) is 2.25. The van der Waals surface area contributed by atoms with Crippen LogP contribution in [0.2, 0.25) is 0 Å². The van der Waals surface area contributed by atoms with E-state index < -0.39 is 0 Å². The van der Waals surface area contributed by atoms with Gasteiger partial charge in [0.15, 0.2) is 0 Å². The Bertz CT molecular complexity index is 395. The van der Waals surface area contributed by atoms with Crippen molar-refractivity contribution in [2.24, 2.45) is 0 Å². The molecule has 90 valence electrons. The molecular formula is C12H15N3O2. The number of nitrogens with one attached hydrogen (secondary N) is 1. The van der Waals surface area contributed by atoms with Gasteiger partial charge in [-0.3, -0.25) is 4.79 Å². The molecule has 0 aliphatic carbocycles. The first kappa shape index (κ1) is 13.1. The number of unbranched alkanes of at least 4 members (excludes halogenated alkanes) is 2. The lowest BCUT2D eigenvalue weighted by molar-refractivity contribution is 0.0948. The lowest BCUT2D eigenvalue weighted by Crippen LogP contribution is -2.25. The van der Waals surface area contributed by atoms with Crippen molar-refractivity contribution in [3.8, 4) is 6.07 Å². The van der Waals surface area contributed by atoms with Crippen LogP contribution in [0.5, 0.6) is 0 Å². The molecule has 17 heavy (non-hydrogen) atoms. The number of nitriles is 1. The first-order valence-electron chi connectivity index (χ1n) is 5.53. The Morgan fingerprint density at radius 3 is 2.82 bits per heavy atom. The summed E-state index contributed by atoms with van der Waals surface area (Å²) in [5.41, 5.74) is 0.746. The van der Waals surface area contributed by atoms with Gasteiger partial charge in [0, 0.05) is 19.3 Å². The minimum atomic E-state index is -0.238. The Morgan fingerprint density at radius 2 is 2.24 bits per heavy atom. The summed E-state index contributed by atoms with van der Waals surface area (Å²) >= 11 is 0. The average Bonchev–Trinajstić information content (AvgIpc) is 2.38. The highest BCUT2D eigenvalue weighted by Crippen LogP contribution is 1.99. The van der Waals surface area contributed by atoms with Crippen molar-refractivity contribution in [1.29, 1.82) is 5.26 Å². The first-order chi connectivity index (χ1) is 8.27. The van der Waals surface area contributed by atoms with Crippen LogP contribution in [0, 0.1) is 11.3 Å². The van der Waals surface area contributed by atoms with Crippen molar-refractivity contribution >= 4 is 5.91 Å². The van der Waals surface area contributed by atoms with Crippen molar-refractivity contribution in [2.45, 2.75) is 19.3 Å². The van der Waals surface area contributed by atoms with Gasteiger partial charge in [0.25, 0.3) is 5.91 Å². The monoisotopic (exact) mass is 233 g/mol. The van der Waals surface area contributed by atoms with Gasteiger partial charge < -0.3 is 10.4 Å². The van der Waals surface area contributed by atoms with E-state index in [0.29, 0.717) is 17.8 Å². The van der Waals surface area contributed by atoms with E-state index in [1.165, 1.54) is 12.3 Å². The van der Waals surface area contributed by atoms with Crippen LogP contribution in [0.3, 0.4) is 0 Å². The number of carbonyl (C=O) groups excluding carboxylic acids is 1. The highest BCUT2D eigenvalue weighted by molar-refractivity contribution is 5.92. The Labute approximate surface area is 100 Å². The van der Waals surface area contributed by atoms with Gasteiger partial charge in [-0.25, -0.2) is 4.98 Å². The number of rotatable bonds is 6. The van der Waals surface area contributed by atoms with E-state index in [2.05, 4.69) is 10.3 Å². The number of hydrogen-bond acceptors (Lipinski definition) is 4. The second-order valence-corrected chi connectivity index (χ2v) is 3.58. The number of nitrogens with zero attached hydrogens (tertiary/aromatic N) is 2. The molecule has 1 aromatic rings. The summed E-state index contributed by atoms with van der Waals surface area (Å²) in [4.78, 5) is 15.5. The summed E-state index contributed by atoms with van der Waals surface area (Å²) in [7, 11) is 0. The van der Waals surface area contributed by atoms with Crippen molar-refractivity contribution in [3.63, 3.8) is 0 Å². The molecule has 1 rings (SSSR count). The second kappa shape index (κ2) is 7.36. The molecule has 0 saturated heterocycles. The Hall–Kier alpha value is -1.93. The quantitative estimate of drug-likeness (QED) is 0.713. The van der Waals surface area contributed by atoms with Crippen LogP contribution in [-0.2, 0) is 0 Å². The van der Waals surface area contributed by atoms with Crippen LogP contribution >= 0.6 is 0 Å². The Kier molecular flexibility index (Phi) is 5.69. The molecule has 0 bridgehead atoms. The van der Waals surface area contributed by atoms with Crippen molar-refractivity contribution in [3.05, 3.63) is 29.6 Å². The number of pyridine rings is 1. The number of aromatic nitrogens is 1. The number of hydrogen-bond donors (Lipinski definition) is 2. The molecule has 2 N–H and O–H groups in total. The van der Waals surface area contributed by atoms with E-state index in [0.717, 1.165) is 19.3 Å². The molecule has 0 spiro atoms. The smallest absolute Gasteiger partial charge is 0.269 e. The molecule has 0 saturated carbocycles. The van der Waals surface area contributed by atoms with Crippen LogP contribution in [0.25, 0.3) is 0 Å². The van der Waals surface area contributed by atoms with E-state index in [9.17, 15) is 4.79 Å². The molecule has 0 atom stereocenters. The van der Waals surface area contributed by atoms with Crippen LogP contribution < -0.4 is 5.32 Å². The minimum Gasteiger partial charge on any atom is -0.396 e. The van der Waals surface area contributed by atoms with Gasteiger partial charge in [0.1, 0.15) is 11.8 Å². The number of aliphatic hydroxyl groups is 1. The van der Waals surface area contributed by atoms with E-state index in [1.807, 2.05) is 6.07 Å². The van der Waals surface area contributed by atoms with E-state index in [-0.39, 0.29) is 12.5 Å². The maximum absolute atomic E-state index is 11.6. The van der Waals surface area contributed by atoms with Gasteiger partial charge in [-0.2, -0.15) is 5.26 Å². The van der Waals surface area contributed by atoms with Gasteiger partial charge in [-0.05, 0) is 31.4 Å². The lowest BCUT2D eigenvalue weighted by atomic mass is 10.2. The third kappa shape index (κ3) is 4.62. The highest BCUT2D eigenvalue weighted by atomic mass is 16.2. The zero-order valence-electron chi connectivity index (χ0n) is 9.52. The average molecular weight is 233 g/mol. The minimum absolute atomic E-state index is 0.186. The zero-order valence-corrected chi connectivity index (χ0v) is 9.52. The van der Waals surface area contributed by atoms with Gasteiger partial charge >= 0.3 is 0 Å². The van der Waals surface area contributed by atoms with Gasteiger partial charge in [0.2, 0.25) is 0 Å². The van der Waals surface area contributed by atoms with E-state index >= 15 is 0 Å². The highest BCUT2D eigenvalue weighted by Gasteiger charge is 2.05. The van der Waals surface area contributed by atoms with Gasteiger partial charge in [0.05, 0.1) is 5.56 Å². The molecular weight excluding hydrogens is 218 g/mol. The summed E-state index contributed by atoms with van der Waals surface area (Å²) in [5, 5.41) is 19.9. The topological polar surface area (TPSA) is 86.0 Å². The third-order valence-electron chi connectivity index (χ3n) is 2.25. The molecule has 0 aliphatic heterocycles. The molecule has 1 heterocycles. The molecule has 0 fully saturated rings. The summed E-state index contributed by atoms with van der Waals surface area (Å²) in [6.07, 6.45) is 3.85. The number of amides is 1. The molecule has 0 radical (unpaired) electrons. The Morgan fingerprint density at radius 1 is 1.41 bits per heavy atom. The van der Waals surface area contributed by atoms with Gasteiger partial charge in [-0.15, -0.1) is 0 Å². The molecule has 5 nitrogen and oxygen atoms in total. The standard InChI is InChI=1S/C12H15N3O2/c13-8-10-4-5-11(15-9-10)12(17)14-6-2-1-3-7-16/h4-5,9,16H,1-3,6-7H2,(H,14,17). The molecule has 5 heteroatoms. The van der Waals surface area contributed by atoms with Gasteiger partial charge in [-0.1, -0.05) is 0 Å². The fourth-order valence-corrected chi connectivity index (χ4v) is 1.30. The first-order valence-corrected chi connectivity index (χ1v) is 5.53. The molecule has 1 amide bonds. The normalized spacial score (nSPS) is 9.65.